The van der Waals surface area contributed by atoms with E-state index >= 15 is 0 Å². The molecular weight excluding hydrogens is 260 g/mol. The first-order valence-corrected chi connectivity index (χ1v) is 10.0. The molecule has 0 saturated carbocycles. The summed E-state index contributed by atoms with van der Waals surface area (Å²) in [5, 5.41) is 6.49. The van der Waals surface area contributed by atoms with Gasteiger partial charge in [-0.05, 0) is 12.5 Å². The number of halogens is 1. The third-order valence-electron chi connectivity index (χ3n) is 3.20. The van der Waals surface area contributed by atoms with Gasteiger partial charge in [0.1, 0.15) is 0 Å². The molecule has 0 aliphatic rings. The van der Waals surface area contributed by atoms with Crippen LogP contribution in [0, 0.1) is 6.92 Å². The van der Waals surface area contributed by atoms with Gasteiger partial charge in [-0.1, -0.05) is 60.7 Å². The van der Waals surface area contributed by atoms with Crippen LogP contribution in [-0.4, -0.2) is 17.9 Å². The van der Waals surface area contributed by atoms with Crippen molar-refractivity contribution < 1.29 is 0 Å². The van der Waals surface area contributed by atoms with Gasteiger partial charge in [0.25, 0.3) is 0 Å². The van der Waals surface area contributed by atoms with Gasteiger partial charge < -0.3 is 0 Å². The highest BCUT2D eigenvalue weighted by Crippen LogP contribution is 2.14. The van der Waals surface area contributed by atoms with Crippen LogP contribution in [0.25, 0.3) is 0 Å². The molecule has 0 aliphatic heterocycles. The molecule has 1 aromatic carbocycles. The molecule has 0 bridgehead atoms. The van der Waals surface area contributed by atoms with Gasteiger partial charge in [0, 0.05) is 0 Å². The molecular formula is C14H19ClN2Si. The Bertz CT molecular complexity index is 538. The molecule has 0 amide bonds. The normalized spacial score (nSPS) is 11.8. The molecule has 0 atom stereocenters. The van der Waals surface area contributed by atoms with E-state index in [0.717, 1.165) is 17.3 Å². The summed E-state index contributed by atoms with van der Waals surface area (Å²) >= 11 is 6.00. The van der Waals surface area contributed by atoms with E-state index in [1.165, 1.54) is 10.8 Å². The van der Waals surface area contributed by atoms with E-state index < -0.39 is 8.07 Å². The van der Waals surface area contributed by atoms with E-state index in [2.05, 4.69) is 49.0 Å². The topological polar surface area (TPSA) is 17.8 Å². The predicted molar refractivity (Wildman–Crippen MR) is 80.5 cm³/mol. The second-order valence-electron chi connectivity index (χ2n) is 5.68. The molecule has 1 aromatic heterocycles. The van der Waals surface area contributed by atoms with E-state index in [1.54, 1.807) is 6.20 Å². The first-order chi connectivity index (χ1) is 8.38. The highest BCUT2D eigenvalue weighted by atomic mass is 35.5. The maximum absolute atomic E-state index is 6.00. The lowest BCUT2D eigenvalue weighted by atomic mass is 10.2. The van der Waals surface area contributed by atoms with Crippen molar-refractivity contribution in [1.29, 1.82) is 0 Å². The Morgan fingerprint density at radius 3 is 2.22 bits per heavy atom. The van der Waals surface area contributed by atoms with E-state index in [-0.39, 0.29) is 0 Å². The number of rotatable bonds is 3. The van der Waals surface area contributed by atoms with E-state index in [0.29, 0.717) is 0 Å². The average molecular weight is 279 g/mol. The Morgan fingerprint density at radius 2 is 1.78 bits per heavy atom. The van der Waals surface area contributed by atoms with E-state index in [9.17, 15) is 0 Å². The maximum atomic E-state index is 6.00. The van der Waals surface area contributed by atoms with Crippen LogP contribution in [0.5, 0.6) is 0 Å². The van der Waals surface area contributed by atoms with Crippen molar-refractivity contribution in [3.8, 4) is 0 Å². The second-order valence-corrected chi connectivity index (χ2v) is 11.2. The summed E-state index contributed by atoms with van der Waals surface area (Å²) in [6, 6.07) is 8.90. The average Bonchev–Trinajstić information content (AvgIpc) is 2.61. The van der Waals surface area contributed by atoms with Crippen LogP contribution in [0.4, 0.5) is 0 Å². The third kappa shape index (κ3) is 2.84. The van der Waals surface area contributed by atoms with Gasteiger partial charge in [-0.25, -0.2) is 0 Å². The van der Waals surface area contributed by atoms with Crippen LogP contribution < -0.4 is 5.19 Å². The van der Waals surface area contributed by atoms with Crippen molar-refractivity contribution in [3.63, 3.8) is 0 Å². The lowest BCUT2D eigenvalue weighted by molar-refractivity contribution is 0.665. The fraction of sp³-hybridized carbons (Fsp3) is 0.357. The fourth-order valence-corrected chi connectivity index (χ4v) is 3.17. The molecule has 0 saturated heterocycles. The lowest BCUT2D eigenvalue weighted by Crippen LogP contribution is -2.37. The van der Waals surface area contributed by atoms with Crippen LogP contribution >= 0.6 is 11.6 Å². The van der Waals surface area contributed by atoms with E-state index in [4.69, 9.17) is 11.6 Å². The molecule has 0 aliphatic carbocycles. The number of nitrogens with zero attached hydrogens (tertiary/aromatic N) is 2. The Balaban J connectivity index is 2.19. The van der Waals surface area contributed by atoms with Crippen LogP contribution in [0.1, 0.15) is 11.3 Å². The molecule has 0 fully saturated rings. The molecule has 4 heteroatoms. The molecule has 0 unspecified atom stereocenters. The Morgan fingerprint density at radius 1 is 1.17 bits per heavy atom. The summed E-state index contributed by atoms with van der Waals surface area (Å²) < 4.78 is 1.94. The molecule has 2 aromatic rings. The maximum Gasteiger partial charge on any atom is 0.0815 e. The van der Waals surface area contributed by atoms with Gasteiger partial charge in [-0.15, -0.1) is 0 Å². The lowest BCUT2D eigenvalue weighted by Gasteiger charge is -2.16. The summed E-state index contributed by atoms with van der Waals surface area (Å²) in [6.07, 6.45) is 1.70. The van der Waals surface area contributed by atoms with Crippen LogP contribution in [0.2, 0.25) is 24.7 Å². The van der Waals surface area contributed by atoms with Crippen molar-refractivity contribution in [1.82, 2.24) is 9.78 Å². The number of benzene rings is 1. The van der Waals surface area contributed by atoms with Gasteiger partial charge in [-0.3, -0.25) is 4.68 Å². The van der Waals surface area contributed by atoms with Crippen molar-refractivity contribution in [2.24, 2.45) is 0 Å². The van der Waals surface area contributed by atoms with Gasteiger partial charge in [0.05, 0.1) is 31.5 Å². The monoisotopic (exact) mass is 278 g/mol. The smallest absolute Gasteiger partial charge is 0.0815 e. The molecule has 2 nitrogen and oxygen atoms in total. The SMILES string of the molecule is Cc1c(Cl)cnn1Cc1ccc([Si](C)(C)C)cc1. The number of hydrogen-bond acceptors (Lipinski definition) is 1. The molecule has 0 spiro atoms. The molecule has 96 valence electrons. The highest BCUT2D eigenvalue weighted by molar-refractivity contribution is 6.88. The molecule has 2 rings (SSSR count). The second kappa shape index (κ2) is 4.90. The minimum absolute atomic E-state index is 0.730. The van der Waals surface area contributed by atoms with Gasteiger partial charge in [-0.2, -0.15) is 5.10 Å². The molecule has 0 N–H and O–H groups in total. The first kappa shape index (κ1) is 13.4. The van der Waals surface area contributed by atoms with Gasteiger partial charge in [0.2, 0.25) is 0 Å². The summed E-state index contributed by atoms with van der Waals surface area (Å²) in [5.41, 5.74) is 2.28. The quantitative estimate of drug-likeness (QED) is 0.787. The first-order valence-electron chi connectivity index (χ1n) is 6.15. The van der Waals surface area contributed by atoms with Gasteiger partial charge >= 0.3 is 0 Å². The number of hydrogen-bond donors (Lipinski definition) is 0. The van der Waals surface area contributed by atoms with Crippen LogP contribution in [0.3, 0.4) is 0 Å². The largest absolute Gasteiger partial charge is 0.264 e. The van der Waals surface area contributed by atoms with Crippen molar-refractivity contribution in [2.75, 3.05) is 0 Å². The van der Waals surface area contributed by atoms with E-state index in [1.807, 2.05) is 11.6 Å². The molecule has 18 heavy (non-hydrogen) atoms. The highest BCUT2D eigenvalue weighted by Gasteiger charge is 2.15. The number of aromatic nitrogens is 2. The van der Waals surface area contributed by atoms with Gasteiger partial charge in [0.15, 0.2) is 0 Å². The summed E-state index contributed by atoms with van der Waals surface area (Å²) in [6.45, 7) is 9.86. The Kier molecular flexibility index (Phi) is 3.64. The van der Waals surface area contributed by atoms with Crippen molar-refractivity contribution in [2.45, 2.75) is 33.1 Å². The Hall–Kier alpha value is -1.06. The van der Waals surface area contributed by atoms with Crippen molar-refractivity contribution >= 4 is 24.9 Å². The fourth-order valence-electron chi connectivity index (χ4n) is 1.87. The summed E-state index contributed by atoms with van der Waals surface area (Å²) in [4.78, 5) is 0. The summed E-state index contributed by atoms with van der Waals surface area (Å²) in [5.74, 6) is 0. The molecule has 0 radical (unpaired) electrons. The standard InChI is InChI=1S/C14H19ClN2Si/c1-11-14(15)9-16-17(11)10-12-5-7-13(8-6-12)18(2,3)4/h5-9H,10H2,1-4H3. The van der Waals surface area contributed by atoms with Crippen LogP contribution in [-0.2, 0) is 6.54 Å². The minimum Gasteiger partial charge on any atom is -0.264 e. The zero-order chi connectivity index (χ0) is 13.3. The Labute approximate surface area is 115 Å². The third-order valence-corrected chi connectivity index (χ3v) is 5.63. The predicted octanol–water partition coefficient (Wildman–Crippen LogP) is 3.44. The van der Waals surface area contributed by atoms with Crippen LogP contribution in [0.15, 0.2) is 30.5 Å². The zero-order valence-electron chi connectivity index (χ0n) is 11.4. The van der Waals surface area contributed by atoms with Crippen molar-refractivity contribution in [3.05, 3.63) is 46.7 Å². The summed E-state index contributed by atoms with van der Waals surface area (Å²) in [7, 11) is -1.20. The zero-order valence-corrected chi connectivity index (χ0v) is 13.1. The minimum atomic E-state index is -1.20. The molecule has 1 heterocycles.